The maximum atomic E-state index is 11.0. The monoisotopic (exact) mass is 501 g/mol. The average molecular weight is 501 g/mol. The Labute approximate surface area is 172 Å². The summed E-state index contributed by atoms with van der Waals surface area (Å²) in [6.45, 7) is 4.72. The molecule has 0 bridgehead atoms. The zero-order valence-electron chi connectivity index (χ0n) is 14.7. The third-order valence-corrected chi connectivity index (χ3v) is 4.78. The number of sulfone groups is 1. The van der Waals surface area contributed by atoms with Crippen LogP contribution in [-0.2, 0) is 14.6 Å². The molecule has 0 unspecified atom stereocenters. The fourth-order valence-electron chi connectivity index (χ4n) is 1.73. The molecule has 1 aromatic rings. The molecule has 144 valence electrons. The smallest absolute Gasteiger partial charge is 0.191 e. The van der Waals surface area contributed by atoms with Gasteiger partial charge in [0.25, 0.3) is 0 Å². The van der Waals surface area contributed by atoms with Gasteiger partial charge in [-0.3, -0.25) is 4.99 Å². The van der Waals surface area contributed by atoms with E-state index >= 15 is 0 Å². The lowest BCUT2D eigenvalue weighted by Crippen LogP contribution is -2.38. The molecule has 0 atom stereocenters. The standard InChI is InChI=1S/C16H27N3O3S2.HI/c1-3-17-16(18-9-11-22-12-14-24(2,20)21)19-10-13-23-15-7-5-4-6-8-15;/h4-8H,3,9-14H2,1-2H3,(H2,17,18,19);1H. The number of guanidine groups is 1. The number of benzene rings is 1. The Morgan fingerprint density at radius 1 is 1.20 bits per heavy atom. The van der Waals surface area contributed by atoms with Crippen molar-refractivity contribution in [1.82, 2.24) is 10.6 Å². The van der Waals surface area contributed by atoms with Gasteiger partial charge in [-0.15, -0.1) is 35.7 Å². The molecule has 0 aliphatic carbocycles. The minimum Gasteiger partial charge on any atom is -0.378 e. The summed E-state index contributed by atoms with van der Waals surface area (Å²) in [7, 11) is -2.96. The third-order valence-electron chi connectivity index (χ3n) is 2.85. The molecular formula is C16H28IN3O3S2. The Morgan fingerprint density at radius 3 is 2.56 bits per heavy atom. The van der Waals surface area contributed by atoms with Gasteiger partial charge in [0.05, 0.1) is 25.5 Å². The largest absolute Gasteiger partial charge is 0.378 e. The van der Waals surface area contributed by atoms with E-state index in [9.17, 15) is 8.42 Å². The predicted octanol–water partition coefficient (Wildman–Crippen LogP) is 2.01. The molecule has 1 aromatic carbocycles. The van der Waals surface area contributed by atoms with Crippen LogP contribution in [0.25, 0.3) is 0 Å². The number of nitrogens with zero attached hydrogens (tertiary/aromatic N) is 1. The fraction of sp³-hybridized carbons (Fsp3) is 0.562. The summed E-state index contributed by atoms with van der Waals surface area (Å²) in [6.07, 6.45) is 1.20. The normalized spacial score (nSPS) is 11.7. The quantitative estimate of drug-likeness (QED) is 0.159. The van der Waals surface area contributed by atoms with E-state index in [1.807, 2.05) is 25.1 Å². The zero-order valence-corrected chi connectivity index (χ0v) is 18.7. The van der Waals surface area contributed by atoms with E-state index in [2.05, 4.69) is 27.8 Å². The van der Waals surface area contributed by atoms with Gasteiger partial charge in [-0.25, -0.2) is 8.42 Å². The van der Waals surface area contributed by atoms with Gasteiger partial charge in [0.15, 0.2) is 5.96 Å². The van der Waals surface area contributed by atoms with E-state index in [0.29, 0.717) is 13.2 Å². The topological polar surface area (TPSA) is 79.8 Å². The lowest BCUT2D eigenvalue weighted by Gasteiger charge is -2.11. The van der Waals surface area contributed by atoms with Crippen molar-refractivity contribution in [1.29, 1.82) is 0 Å². The summed E-state index contributed by atoms with van der Waals surface area (Å²) < 4.78 is 27.2. The average Bonchev–Trinajstić information content (AvgIpc) is 2.54. The molecule has 25 heavy (non-hydrogen) atoms. The number of rotatable bonds is 11. The molecule has 1 rings (SSSR count). The molecule has 9 heteroatoms. The lowest BCUT2D eigenvalue weighted by atomic mass is 10.4. The SMILES string of the molecule is CCNC(=NCCOCCS(C)(=O)=O)NCCSc1ccccc1.I. The van der Waals surface area contributed by atoms with E-state index in [0.717, 1.165) is 24.8 Å². The maximum Gasteiger partial charge on any atom is 0.191 e. The molecule has 0 amide bonds. The summed E-state index contributed by atoms with van der Waals surface area (Å²) in [5.74, 6) is 1.74. The van der Waals surface area contributed by atoms with E-state index in [-0.39, 0.29) is 36.3 Å². The fourth-order valence-corrected chi connectivity index (χ4v) is 2.94. The third kappa shape index (κ3) is 14.3. The molecule has 2 N–H and O–H groups in total. The van der Waals surface area contributed by atoms with Gasteiger partial charge in [0.2, 0.25) is 0 Å². The van der Waals surface area contributed by atoms with Crippen molar-refractivity contribution in [2.24, 2.45) is 4.99 Å². The van der Waals surface area contributed by atoms with Crippen LogP contribution in [0.4, 0.5) is 0 Å². The second-order valence-electron chi connectivity index (χ2n) is 5.09. The predicted molar refractivity (Wildman–Crippen MR) is 117 cm³/mol. The first-order valence-electron chi connectivity index (χ1n) is 7.97. The van der Waals surface area contributed by atoms with E-state index in [4.69, 9.17) is 4.74 Å². The van der Waals surface area contributed by atoms with Gasteiger partial charge in [0, 0.05) is 30.0 Å². The molecule has 0 aliphatic heterocycles. The van der Waals surface area contributed by atoms with Crippen molar-refractivity contribution in [3.63, 3.8) is 0 Å². The number of ether oxygens (including phenoxy) is 1. The van der Waals surface area contributed by atoms with E-state index in [1.54, 1.807) is 11.8 Å². The highest BCUT2D eigenvalue weighted by Crippen LogP contribution is 2.15. The van der Waals surface area contributed by atoms with Crippen LogP contribution in [0.15, 0.2) is 40.2 Å². The zero-order chi connectivity index (χ0) is 17.7. The number of halogens is 1. The summed E-state index contributed by atoms with van der Waals surface area (Å²) in [6, 6.07) is 10.3. The molecule has 0 aliphatic rings. The Bertz CT molecular complexity index is 584. The van der Waals surface area contributed by atoms with Gasteiger partial charge in [-0.1, -0.05) is 18.2 Å². The van der Waals surface area contributed by atoms with Crippen LogP contribution in [0.3, 0.4) is 0 Å². The summed E-state index contributed by atoms with van der Waals surface area (Å²) >= 11 is 1.79. The van der Waals surface area contributed by atoms with Crippen molar-refractivity contribution in [3.8, 4) is 0 Å². The highest BCUT2D eigenvalue weighted by atomic mass is 127. The second kappa shape index (κ2) is 14.6. The Balaban J connectivity index is 0.00000576. The first-order valence-corrected chi connectivity index (χ1v) is 11.0. The second-order valence-corrected chi connectivity index (χ2v) is 8.52. The van der Waals surface area contributed by atoms with Crippen LogP contribution in [0.2, 0.25) is 0 Å². The maximum absolute atomic E-state index is 11.0. The van der Waals surface area contributed by atoms with E-state index < -0.39 is 9.84 Å². The van der Waals surface area contributed by atoms with Gasteiger partial charge in [-0.2, -0.15) is 0 Å². The summed E-state index contributed by atoms with van der Waals surface area (Å²) in [5.41, 5.74) is 0. The van der Waals surface area contributed by atoms with Crippen LogP contribution in [0.5, 0.6) is 0 Å². The molecule has 0 fully saturated rings. The van der Waals surface area contributed by atoms with Gasteiger partial charge < -0.3 is 15.4 Å². The van der Waals surface area contributed by atoms with Gasteiger partial charge >= 0.3 is 0 Å². The van der Waals surface area contributed by atoms with Crippen molar-refractivity contribution >= 4 is 51.5 Å². The summed E-state index contributed by atoms with van der Waals surface area (Å²) in [4.78, 5) is 5.65. The summed E-state index contributed by atoms with van der Waals surface area (Å²) in [5, 5.41) is 6.45. The molecule has 0 heterocycles. The number of nitrogens with one attached hydrogen (secondary N) is 2. The van der Waals surface area contributed by atoms with Crippen molar-refractivity contribution in [2.45, 2.75) is 11.8 Å². The van der Waals surface area contributed by atoms with Gasteiger partial charge in [0.1, 0.15) is 9.84 Å². The molecule has 6 nitrogen and oxygen atoms in total. The minimum absolute atomic E-state index is 0. The minimum atomic E-state index is -2.96. The number of hydrogen-bond donors (Lipinski definition) is 2. The highest BCUT2D eigenvalue weighted by molar-refractivity contribution is 14.0. The Morgan fingerprint density at radius 2 is 1.92 bits per heavy atom. The highest BCUT2D eigenvalue weighted by Gasteiger charge is 2.01. The lowest BCUT2D eigenvalue weighted by molar-refractivity contribution is 0.157. The first kappa shape index (κ1) is 24.5. The number of thioether (sulfide) groups is 1. The molecule has 0 radical (unpaired) electrons. The molecule has 0 saturated carbocycles. The van der Waals surface area contributed by atoms with E-state index in [1.165, 1.54) is 11.2 Å². The Kier molecular flexibility index (Phi) is 14.3. The van der Waals surface area contributed by atoms with Crippen molar-refractivity contribution < 1.29 is 13.2 Å². The molecule has 0 saturated heterocycles. The molecular weight excluding hydrogens is 473 g/mol. The first-order chi connectivity index (χ1) is 11.5. The molecule has 0 aromatic heterocycles. The van der Waals surface area contributed by atoms with Crippen molar-refractivity contribution in [2.75, 3.05) is 50.6 Å². The van der Waals surface area contributed by atoms with Crippen LogP contribution in [-0.4, -0.2) is 65.0 Å². The Hall–Kier alpha value is -0.520. The number of hydrogen-bond acceptors (Lipinski definition) is 5. The van der Waals surface area contributed by atoms with Crippen LogP contribution in [0, 0.1) is 0 Å². The van der Waals surface area contributed by atoms with Gasteiger partial charge in [-0.05, 0) is 19.1 Å². The van der Waals surface area contributed by atoms with Crippen LogP contribution >= 0.6 is 35.7 Å². The van der Waals surface area contributed by atoms with Crippen molar-refractivity contribution in [3.05, 3.63) is 30.3 Å². The van der Waals surface area contributed by atoms with Crippen LogP contribution < -0.4 is 10.6 Å². The molecule has 0 spiro atoms. The van der Waals surface area contributed by atoms with Crippen LogP contribution in [0.1, 0.15) is 6.92 Å². The number of aliphatic imine (C=N–C) groups is 1.